The van der Waals surface area contributed by atoms with Gasteiger partial charge in [0.2, 0.25) is 0 Å². The van der Waals surface area contributed by atoms with E-state index in [0.717, 1.165) is 12.2 Å². The summed E-state index contributed by atoms with van der Waals surface area (Å²) in [5, 5.41) is 2.75. The van der Waals surface area contributed by atoms with E-state index in [-0.39, 0.29) is 6.04 Å². The minimum absolute atomic E-state index is 0.218. The third-order valence-corrected chi connectivity index (χ3v) is 2.95. The Morgan fingerprint density at radius 1 is 1.25 bits per heavy atom. The molecule has 0 spiro atoms. The fourth-order valence-corrected chi connectivity index (χ4v) is 1.94. The lowest BCUT2D eigenvalue weighted by atomic mass is 10.2. The summed E-state index contributed by atoms with van der Waals surface area (Å²) in [5.74, 6) is 0.946. The van der Waals surface area contributed by atoms with E-state index in [1.807, 2.05) is 32.3 Å². The van der Waals surface area contributed by atoms with Crippen LogP contribution in [0.5, 0.6) is 0 Å². The molecule has 0 heterocycles. The molecular formula is C12H23N3S. The zero-order valence-corrected chi connectivity index (χ0v) is 11.0. The van der Waals surface area contributed by atoms with Crippen molar-refractivity contribution in [1.82, 2.24) is 5.32 Å². The molecule has 0 aliphatic carbocycles. The lowest BCUT2D eigenvalue weighted by molar-refractivity contribution is 0.684. The van der Waals surface area contributed by atoms with Crippen LogP contribution < -0.4 is 16.8 Å². The van der Waals surface area contributed by atoms with Gasteiger partial charge in [0.05, 0.1) is 0 Å². The molecule has 0 radical (unpaired) electrons. The van der Waals surface area contributed by atoms with Gasteiger partial charge in [-0.25, -0.2) is 0 Å². The number of benzene rings is 1. The van der Waals surface area contributed by atoms with E-state index in [2.05, 4.69) is 17.4 Å². The first-order valence-electron chi connectivity index (χ1n) is 5.46. The molecule has 0 bridgehead atoms. The molecule has 1 unspecified atom stereocenters. The number of hydrogen-bond donors (Lipinski definition) is 3. The van der Waals surface area contributed by atoms with Crippen LogP contribution in [0, 0.1) is 0 Å². The SMILES string of the molecule is CNC.NCCC(N)CSc1ccccc1. The number of rotatable bonds is 5. The quantitative estimate of drug-likeness (QED) is 0.680. The van der Waals surface area contributed by atoms with Crippen LogP contribution in [0.1, 0.15) is 6.42 Å². The molecule has 3 nitrogen and oxygen atoms in total. The van der Waals surface area contributed by atoms with Gasteiger partial charge in [0, 0.05) is 16.7 Å². The highest BCUT2D eigenvalue weighted by Gasteiger charge is 2.01. The summed E-state index contributed by atoms with van der Waals surface area (Å²) in [6.07, 6.45) is 0.903. The van der Waals surface area contributed by atoms with Crippen LogP contribution in [-0.4, -0.2) is 32.4 Å². The summed E-state index contributed by atoms with van der Waals surface area (Å²) in [4.78, 5) is 1.27. The highest BCUT2D eigenvalue weighted by atomic mass is 32.2. The summed E-state index contributed by atoms with van der Waals surface area (Å²) in [7, 11) is 3.75. The first-order chi connectivity index (χ1) is 7.74. The molecule has 16 heavy (non-hydrogen) atoms. The number of nitrogens with one attached hydrogen (secondary N) is 1. The molecule has 4 heteroatoms. The molecule has 0 aliphatic heterocycles. The Kier molecular flexibility index (Phi) is 10.6. The Morgan fingerprint density at radius 2 is 1.81 bits per heavy atom. The highest BCUT2D eigenvalue weighted by Crippen LogP contribution is 2.17. The maximum Gasteiger partial charge on any atom is 0.0145 e. The molecule has 1 aromatic rings. The molecular weight excluding hydrogens is 218 g/mol. The highest BCUT2D eigenvalue weighted by molar-refractivity contribution is 7.99. The van der Waals surface area contributed by atoms with E-state index >= 15 is 0 Å². The maximum absolute atomic E-state index is 5.83. The monoisotopic (exact) mass is 241 g/mol. The topological polar surface area (TPSA) is 64.1 Å². The van der Waals surface area contributed by atoms with Crippen LogP contribution in [0.25, 0.3) is 0 Å². The Morgan fingerprint density at radius 3 is 2.31 bits per heavy atom. The van der Waals surface area contributed by atoms with E-state index in [1.54, 1.807) is 11.8 Å². The fourth-order valence-electron chi connectivity index (χ4n) is 1.02. The van der Waals surface area contributed by atoms with Crippen molar-refractivity contribution in [1.29, 1.82) is 0 Å². The van der Waals surface area contributed by atoms with Gasteiger partial charge >= 0.3 is 0 Å². The van der Waals surface area contributed by atoms with Gasteiger partial charge in [0.25, 0.3) is 0 Å². The van der Waals surface area contributed by atoms with E-state index in [9.17, 15) is 0 Å². The lowest BCUT2D eigenvalue weighted by Gasteiger charge is -2.08. The Bertz CT molecular complexity index is 241. The standard InChI is InChI=1S/C10H16N2S.C2H7N/c11-7-6-9(12)8-13-10-4-2-1-3-5-10;1-3-2/h1-5,9H,6-8,11-12H2;3H,1-2H3. The van der Waals surface area contributed by atoms with Crippen LogP contribution in [0.15, 0.2) is 35.2 Å². The minimum Gasteiger partial charge on any atom is -0.330 e. The molecule has 0 fully saturated rings. The van der Waals surface area contributed by atoms with Gasteiger partial charge in [-0.15, -0.1) is 11.8 Å². The Hall–Kier alpha value is -0.550. The van der Waals surface area contributed by atoms with Gasteiger partial charge in [-0.05, 0) is 39.2 Å². The molecule has 1 atom stereocenters. The van der Waals surface area contributed by atoms with Crippen LogP contribution in [-0.2, 0) is 0 Å². The third kappa shape index (κ3) is 8.73. The normalized spacial score (nSPS) is 11.5. The molecule has 5 N–H and O–H groups in total. The lowest BCUT2D eigenvalue weighted by Crippen LogP contribution is -2.25. The van der Waals surface area contributed by atoms with Crippen LogP contribution in [0.2, 0.25) is 0 Å². The van der Waals surface area contributed by atoms with E-state index in [0.29, 0.717) is 6.54 Å². The van der Waals surface area contributed by atoms with Crippen LogP contribution >= 0.6 is 11.8 Å². The summed E-state index contributed by atoms with van der Waals surface area (Å²) in [6.45, 7) is 0.677. The van der Waals surface area contributed by atoms with Crippen molar-refractivity contribution in [2.75, 3.05) is 26.4 Å². The van der Waals surface area contributed by atoms with Gasteiger partial charge in [-0.2, -0.15) is 0 Å². The van der Waals surface area contributed by atoms with E-state index < -0.39 is 0 Å². The van der Waals surface area contributed by atoms with Crippen molar-refractivity contribution in [3.05, 3.63) is 30.3 Å². The number of thioether (sulfide) groups is 1. The molecule has 1 rings (SSSR count). The maximum atomic E-state index is 5.83. The predicted octanol–water partition coefficient (Wildman–Crippen LogP) is 1.29. The van der Waals surface area contributed by atoms with Crippen molar-refractivity contribution in [2.45, 2.75) is 17.4 Å². The average Bonchev–Trinajstić information content (AvgIpc) is 2.29. The average molecular weight is 241 g/mol. The summed E-state index contributed by atoms with van der Waals surface area (Å²) < 4.78 is 0. The van der Waals surface area contributed by atoms with Crippen molar-refractivity contribution < 1.29 is 0 Å². The molecule has 0 aliphatic rings. The number of nitrogens with two attached hydrogens (primary N) is 2. The second-order valence-corrected chi connectivity index (χ2v) is 4.55. The van der Waals surface area contributed by atoms with Crippen molar-refractivity contribution >= 4 is 11.8 Å². The molecule has 0 aromatic heterocycles. The van der Waals surface area contributed by atoms with Crippen molar-refractivity contribution in [3.63, 3.8) is 0 Å². The molecule has 0 saturated carbocycles. The summed E-state index contributed by atoms with van der Waals surface area (Å²) in [5.41, 5.74) is 11.2. The molecule has 1 aromatic carbocycles. The largest absolute Gasteiger partial charge is 0.330 e. The Balaban J connectivity index is 0.000000673. The van der Waals surface area contributed by atoms with Gasteiger partial charge in [0.1, 0.15) is 0 Å². The first kappa shape index (κ1) is 15.4. The van der Waals surface area contributed by atoms with E-state index in [4.69, 9.17) is 11.5 Å². The van der Waals surface area contributed by atoms with Gasteiger partial charge in [-0.3, -0.25) is 0 Å². The summed E-state index contributed by atoms with van der Waals surface area (Å²) in [6, 6.07) is 10.5. The van der Waals surface area contributed by atoms with Crippen LogP contribution in [0.4, 0.5) is 0 Å². The molecule has 92 valence electrons. The van der Waals surface area contributed by atoms with Crippen LogP contribution in [0.3, 0.4) is 0 Å². The molecule has 0 amide bonds. The van der Waals surface area contributed by atoms with Crippen molar-refractivity contribution in [3.8, 4) is 0 Å². The Labute approximate surface area is 103 Å². The number of hydrogen-bond acceptors (Lipinski definition) is 4. The second-order valence-electron chi connectivity index (χ2n) is 3.46. The zero-order valence-electron chi connectivity index (χ0n) is 10.1. The predicted molar refractivity (Wildman–Crippen MR) is 73.8 cm³/mol. The minimum atomic E-state index is 0.218. The smallest absolute Gasteiger partial charge is 0.0145 e. The fraction of sp³-hybridized carbons (Fsp3) is 0.500. The van der Waals surface area contributed by atoms with Gasteiger partial charge < -0.3 is 16.8 Å². The molecule has 0 saturated heterocycles. The van der Waals surface area contributed by atoms with Gasteiger partial charge in [0.15, 0.2) is 0 Å². The third-order valence-electron chi connectivity index (χ3n) is 1.74. The first-order valence-corrected chi connectivity index (χ1v) is 6.45. The summed E-state index contributed by atoms with van der Waals surface area (Å²) >= 11 is 1.79. The second kappa shape index (κ2) is 11.0. The zero-order chi connectivity index (χ0) is 12.2. The van der Waals surface area contributed by atoms with Crippen molar-refractivity contribution in [2.24, 2.45) is 11.5 Å². The van der Waals surface area contributed by atoms with Gasteiger partial charge in [-0.1, -0.05) is 18.2 Å². The van der Waals surface area contributed by atoms with E-state index in [1.165, 1.54) is 4.90 Å².